The smallest absolute Gasteiger partial charge is 0.0991 e. The molecule has 3 heteroatoms. The summed E-state index contributed by atoms with van der Waals surface area (Å²) in [6, 6.07) is 14.0. The lowest BCUT2D eigenvalue weighted by Gasteiger charge is -2.15. The predicted octanol–water partition coefficient (Wildman–Crippen LogP) is 3.11. The number of nitrogens with zero attached hydrogens (tertiary/aromatic N) is 2. The highest BCUT2D eigenvalue weighted by atomic mass is 14.9. The fraction of sp³-hybridized carbons (Fsp3) is 0.250. The number of hydrogen-bond donors (Lipinski definition) is 1. The molecule has 19 heavy (non-hydrogen) atoms. The molecule has 0 radical (unpaired) electrons. The zero-order chi connectivity index (χ0) is 13.7. The van der Waals surface area contributed by atoms with Crippen molar-refractivity contribution in [3.63, 3.8) is 0 Å². The van der Waals surface area contributed by atoms with Crippen molar-refractivity contribution < 1.29 is 0 Å². The summed E-state index contributed by atoms with van der Waals surface area (Å²) >= 11 is 0. The van der Waals surface area contributed by atoms with Gasteiger partial charge in [-0.1, -0.05) is 18.2 Å². The molecule has 1 aromatic heterocycles. The number of aryl methyl sites for hydroxylation is 1. The third-order valence-corrected chi connectivity index (χ3v) is 3.21. The van der Waals surface area contributed by atoms with E-state index in [9.17, 15) is 0 Å². The maximum atomic E-state index is 8.91. The third-order valence-electron chi connectivity index (χ3n) is 3.21. The number of nitriles is 1. The van der Waals surface area contributed by atoms with Gasteiger partial charge in [-0.15, -0.1) is 0 Å². The number of nitrogens with one attached hydrogen (secondary N) is 1. The number of benzene rings is 1. The Morgan fingerprint density at radius 3 is 2.89 bits per heavy atom. The Labute approximate surface area is 113 Å². The van der Waals surface area contributed by atoms with E-state index in [2.05, 4.69) is 36.3 Å². The zero-order valence-corrected chi connectivity index (χ0v) is 11.2. The Kier molecular flexibility index (Phi) is 4.27. The van der Waals surface area contributed by atoms with Gasteiger partial charge in [0, 0.05) is 18.8 Å². The highest BCUT2D eigenvalue weighted by Crippen LogP contribution is 2.14. The molecule has 2 rings (SSSR count). The van der Waals surface area contributed by atoms with E-state index in [4.69, 9.17) is 5.26 Å². The van der Waals surface area contributed by atoms with Gasteiger partial charge in [0.1, 0.15) is 0 Å². The van der Waals surface area contributed by atoms with Gasteiger partial charge in [-0.3, -0.25) is 4.98 Å². The molecule has 0 fully saturated rings. The van der Waals surface area contributed by atoms with Crippen LogP contribution in [0.25, 0.3) is 0 Å². The Morgan fingerprint density at radius 2 is 2.16 bits per heavy atom. The first kappa shape index (κ1) is 13.3. The standard InChI is InChI=1S/C16H17N3/c1-12-5-4-8-18-16(12)11-19-13(2)15-7-3-6-14(9-15)10-17/h3-9,13,19H,11H2,1-2H3. The van der Waals surface area contributed by atoms with E-state index in [1.807, 2.05) is 36.5 Å². The van der Waals surface area contributed by atoms with Crippen LogP contribution in [0.1, 0.15) is 35.3 Å². The van der Waals surface area contributed by atoms with E-state index in [0.717, 1.165) is 17.8 Å². The molecule has 0 aliphatic rings. The lowest BCUT2D eigenvalue weighted by atomic mass is 10.1. The maximum absolute atomic E-state index is 8.91. The Balaban J connectivity index is 2.03. The maximum Gasteiger partial charge on any atom is 0.0991 e. The first-order valence-electron chi connectivity index (χ1n) is 6.34. The third kappa shape index (κ3) is 3.40. The van der Waals surface area contributed by atoms with Gasteiger partial charge in [0.2, 0.25) is 0 Å². The van der Waals surface area contributed by atoms with Gasteiger partial charge in [-0.2, -0.15) is 5.26 Å². The summed E-state index contributed by atoms with van der Waals surface area (Å²) in [6.07, 6.45) is 1.81. The van der Waals surface area contributed by atoms with Gasteiger partial charge < -0.3 is 5.32 Å². The second kappa shape index (κ2) is 6.12. The lowest BCUT2D eigenvalue weighted by molar-refractivity contribution is 0.566. The van der Waals surface area contributed by atoms with Crippen LogP contribution in [0.2, 0.25) is 0 Å². The SMILES string of the molecule is Cc1cccnc1CNC(C)c1cccc(C#N)c1. The summed E-state index contributed by atoms with van der Waals surface area (Å²) in [7, 11) is 0. The lowest BCUT2D eigenvalue weighted by Crippen LogP contribution is -2.19. The fourth-order valence-electron chi connectivity index (χ4n) is 1.95. The first-order valence-corrected chi connectivity index (χ1v) is 6.34. The molecule has 1 heterocycles. The average molecular weight is 251 g/mol. The van der Waals surface area contributed by atoms with Crippen molar-refractivity contribution in [3.05, 3.63) is 65.0 Å². The molecule has 0 aliphatic heterocycles. The number of pyridine rings is 1. The molecule has 1 aromatic carbocycles. The minimum Gasteiger partial charge on any atom is -0.305 e. The molecule has 3 nitrogen and oxygen atoms in total. The first-order chi connectivity index (χ1) is 9.20. The molecule has 0 spiro atoms. The second-order valence-corrected chi connectivity index (χ2v) is 4.61. The van der Waals surface area contributed by atoms with Crippen molar-refractivity contribution in [3.8, 4) is 6.07 Å². The van der Waals surface area contributed by atoms with Crippen LogP contribution in [-0.2, 0) is 6.54 Å². The number of hydrogen-bond acceptors (Lipinski definition) is 3. The number of rotatable bonds is 4. The van der Waals surface area contributed by atoms with Crippen molar-refractivity contribution >= 4 is 0 Å². The van der Waals surface area contributed by atoms with Crippen molar-refractivity contribution in [2.75, 3.05) is 0 Å². The van der Waals surface area contributed by atoms with E-state index in [1.165, 1.54) is 5.56 Å². The topological polar surface area (TPSA) is 48.7 Å². The molecule has 96 valence electrons. The van der Waals surface area contributed by atoms with E-state index < -0.39 is 0 Å². The monoisotopic (exact) mass is 251 g/mol. The van der Waals surface area contributed by atoms with E-state index >= 15 is 0 Å². The highest BCUT2D eigenvalue weighted by molar-refractivity contribution is 5.34. The summed E-state index contributed by atoms with van der Waals surface area (Å²) in [4.78, 5) is 4.36. The van der Waals surface area contributed by atoms with Crippen LogP contribution in [-0.4, -0.2) is 4.98 Å². The quantitative estimate of drug-likeness (QED) is 0.908. The summed E-state index contributed by atoms with van der Waals surface area (Å²) in [5, 5.41) is 12.3. The van der Waals surface area contributed by atoms with Gasteiger partial charge in [-0.25, -0.2) is 0 Å². The van der Waals surface area contributed by atoms with Crippen LogP contribution in [0.4, 0.5) is 0 Å². The largest absolute Gasteiger partial charge is 0.305 e. The van der Waals surface area contributed by atoms with E-state index in [0.29, 0.717) is 5.56 Å². The van der Waals surface area contributed by atoms with Gasteiger partial charge in [0.25, 0.3) is 0 Å². The van der Waals surface area contributed by atoms with Crippen LogP contribution in [0.15, 0.2) is 42.6 Å². The molecular formula is C16H17N3. The predicted molar refractivity (Wildman–Crippen MR) is 75.4 cm³/mol. The van der Waals surface area contributed by atoms with Gasteiger partial charge in [0.05, 0.1) is 17.3 Å². The van der Waals surface area contributed by atoms with E-state index in [1.54, 1.807) is 0 Å². The van der Waals surface area contributed by atoms with Crippen molar-refractivity contribution in [2.45, 2.75) is 26.4 Å². The molecule has 1 unspecified atom stereocenters. The molecule has 2 aromatic rings. The normalized spacial score (nSPS) is 11.8. The zero-order valence-electron chi connectivity index (χ0n) is 11.2. The molecule has 0 bridgehead atoms. The Morgan fingerprint density at radius 1 is 1.32 bits per heavy atom. The Hall–Kier alpha value is -2.18. The van der Waals surface area contributed by atoms with Crippen molar-refractivity contribution in [1.82, 2.24) is 10.3 Å². The van der Waals surface area contributed by atoms with Crippen LogP contribution in [0.3, 0.4) is 0 Å². The average Bonchev–Trinajstić information content (AvgIpc) is 2.46. The molecular weight excluding hydrogens is 234 g/mol. The molecule has 0 saturated carbocycles. The molecule has 1 atom stereocenters. The van der Waals surface area contributed by atoms with Gasteiger partial charge in [0.15, 0.2) is 0 Å². The van der Waals surface area contributed by atoms with Gasteiger partial charge in [-0.05, 0) is 43.2 Å². The van der Waals surface area contributed by atoms with Crippen LogP contribution in [0, 0.1) is 18.3 Å². The molecule has 0 amide bonds. The molecule has 1 N–H and O–H groups in total. The van der Waals surface area contributed by atoms with E-state index in [-0.39, 0.29) is 6.04 Å². The minimum atomic E-state index is 0.190. The summed E-state index contributed by atoms with van der Waals surface area (Å²) in [5.41, 5.74) is 4.06. The van der Waals surface area contributed by atoms with Crippen molar-refractivity contribution in [1.29, 1.82) is 5.26 Å². The van der Waals surface area contributed by atoms with Crippen LogP contribution >= 0.6 is 0 Å². The summed E-state index contributed by atoms with van der Waals surface area (Å²) < 4.78 is 0. The highest BCUT2D eigenvalue weighted by Gasteiger charge is 2.07. The number of aromatic nitrogens is 1. The van der Waals surface area contributed by atoms with Crippen LogP contribution in [0.5, 0.6) is 0 Å². The Bertz CT molecular complexity index is 599. The van der Waals surface area contributed by atoms with Crippen molar-refractivity contribution in [2.24, 2.45) is 0 Å². The minimum absolute atomic E-state index is 0.190. The second-order valence-electron chi connectivity index (χ2n) is 4.61. The van der Waals surface area contributed by atoms with Gasteiger partial charge >= 0.3 is 0 Å². The molecule has 0 saturated heterocycles. The summed E-state index contributed by atoms with van der Waals surface area (Å²) in [5.74, 6) is 0. The summed E-state index contributed by atoms with van der Waals surface area (Å²) in [6.45, 7) is 4.88. The molecule has 0 aliphatic carbocycles. The van der Waals surface area contributed by atoms with Crippen LogP contribution < -0.4 is 5.32 Å². The fourth-order valence-corrected chi connectivity index (χ4v) is 1.95.